The maximum atomic E-state index is 12.5. The van der Waals surface area contributed by atoms with Crippen LogP contribution in [0.25, 0.3) is 0 Å². The molecule has 1 aromatic carbocycles. The smallest absolute Gasteiger partial charge is 0.227 e. The van der Waals surface area contributed by atoms with Crippen molar-refractivity contribution < 1.29 is 9.53 Å². The number of benzene rings is 1. The summed E-state index contributed by atoms with van der Waals surface area (Å²) in [5, 5.41) is 3.14. The third kappa shape index (κ3) is 3.56. The quantitative estimate of drug-likeness (QED) is 0.844. The molecule has 4 heteroatoms. The average Bonchev–Trinajstić information content (AvgIpc) is 2.98. The fourth-order valence-corrected chi connectivity index (χ4v) is 3.21. The van der Waals surface area contributed by atoms with Gasteiger partial charge in [-0.15, -0.1) is 0 Å². The van der Waals surface area contributed by atoms with Crippen LogP contribution in [-0.2, 0) is 11.2 Å². The molecule has 0 heterocycles. The molecule has 4 nitrogen and oxygen atoms in total. The summed E-state index contributed by atoms with van der Waals surface area (Å²) in [6.07, 6.45) is 4.79. The first-order valence-electron chi connectivity index (χ1n) is 7.74. The summed E-state index contributed by atoms with van der Waals surface area (Å²) in [4.78, 5) is 12.5. The Bertz CT molecular complexity index is 481. The molecule has 0 aromatic heterocycles. The molecule has 0 radical (unpaired) electrons. The number of hydrogen-bond acceptors (Lipinski definition) is 3. The molecule has 1 aliphatic carbocycles. The van der Waals surface area contributed by atoms with Crippen LogP contribution in [0.3, 0.4) is 0 Å². The van der Waals surface area contributed by atoms with Crippen molar-refractivity contribution in [2.45, 2.75) is 45.1 Å². The van der Waals surface area contributed by atoms with Crippen molar-refractivity contribution in [2.75, 3.05) is 13.7 Å². The first-order valence-corrected chi connectivity index (χ1v) is 7.74. The van der Waals surface area contributed by atoms with Crippen molar-refractivity contribution in [1.29, 1.82) is 0 Å². The predicted molar refractivity (Wildman–Crippen MR) is 84.3 cm³/mol. The zero-order valence-corrected chi connectivity index (χ0v) is 13.0. The van der Waals surface area contributed by atoms with Gasteiger partial charge < -0.3 is 15.8 Å². The topological polar surface area (TPSA) is 64.3 Å². The van der Waals surface area contributed by atoms with Gasteiger partial charge in [-0.25, -0.2) is 0 Å². The Balaban J connectivity index is 1.98. The van der Waals surface area contributed by atoms with E-state index >= 15 is 0 Å². The lowest BCUT2D eigenvalue weighted by atomic mass is 9.85. The van der Waals surface area contributed by atoms with E-state index in [9.17, 15) is 4.79 Å². The Hall–Kier alpha value is -1.55. The van der Waals surface area contributed by atoms with Gasteiger partial charge in [-0.1, -0.05) is 31.0 Å². The highest BCUT2D eigenvalue weighted by atomic mass is 16.5. The molecule has 1 unspecified atom stereocenters. The first-order chi connectivity index (χ1) is 10.1. The summed E-state index contributed by atoms with van der Waals surface area (Å²) < 4.78 is 5.36. The van der Waals surface area contributed by atoms with Crippen molar-refractivity contribution in [3.63, 3.8) is 0 Å². The van der Waals surface area contributed by atoms with Crippen LogP contribution in [-0.4, -0.2) is 25.6 Å². The number of carbonyl (C=O) groups excluding carboxylic acids is 1. The molecular formula is C17H26N2O2. The monoisotopic (exact) mass is 290 g/mol. The summed E-state index contributed by atoms with van der Waals surface area (Å²) in [7, 11) is 1.67. The van der Waals surface area contributed by atoms with Crippen molar-refractivity contribution >= 4 is 5.91 Å². The zero-order chi connectivity index (χ0) is 15.3. The SMILES string of the molecule is COc1ccccc1CC(C)NC(=O)C1(CN)CCCC1. The molecule has 21 heavy (non-hydrogen) atoms. The maximum Gasteiger partial charge on any atom is 0.227 e. The Labute approximate surface area is 127 Å². The van der Waals surface area contributed by atoms with Gasteiger partial charge in [0.25, 0.3) is 0 Å². The van der Waals surface area contributed by atoms with Crippen molar-refractivity contribution in [1.82, 2.24) is 5.32 Å². The summed E-state index contributed by atoms with van der Waals surface area (Å²) in [5.41, 5.74) is 6.64. The molecule has 1 aliphatic rings. The lowest BCUT2D eigenvalue weighted by Crippen LogP contribution is -2.47. The second-order valence-corrected chi connectivity index (χ2v) is 6.08. The number of hydrogen-bond donors (Lipinski definition) is 2. The fraction of sp³-hybridized carbons (Fsp3) is 0.588. The van der Waals surface area contributed by atoms with Crippen LogP contribution >= 0.6 is 0 Å². The molecule has 1 aromatic rings. The number of nitrogens with one attached hydrogen (secondary N) is 1. The Morgan fingerprint density at radius 1 is 1.38 bits per heavy atom. The van der Waals surface area contributed by atoms with Gasteiger partial charge in [-0.05, 0) is 37.8 Å². The van der Waals surface area contributed by atoms with E-state index in [2.05, 4.69) is 5.32 Å². The van der Waals surface area contributed by atoms with E-state index in [0.717, 1.165) is 43.4 Å². The van der Waals surface area contributed by atoms with E-state index in [4.69, 9.17) is 10.5 Å². The largest absolute Gasteiger partial charge is 0.496 e. The lowest BCUT2D eigenvalue weighted by Gasteiger charge is -2.28. The van der Waals surface area contributed by atoms with Crippen LogP contribution in [0.15, 0.2) is 24.3 Å². The van der Waals surface area contributed by atoms with Crippen LogP contribution in [0.4, 0.5) is 0 Å². The van der Waals surface area contributed by atoms with Crippen LogP contribution in [0.5, 0.6) is 5.75 Å². The minimum atomic E-state index is -0.338. The van der Waals surface area contributed by atoms with E-state index in [0.29, 0.717) is 6.54 Å². The van der Waals surface area contributed by atoms with Gasteiger partial charge in [0.05, 0.1) is 12.5 Å². The third-order valence-corrected chi connectivity index (χ3v) is 4.53. The van der Waals surface area contributed by atoms with Gasteiger partial charge in [-0.2, -0.15) is 0 Å². The summed E-state index contributed by atoms with van der Waals surface area (Å²) >= 11 is 0. The fourth-order valence-electron chi connectivity index (χ4n) is 3.21. The van der Waals surface area contributed by atoms with E-state index in [1.165, 1.54) is 0 Å². The highest BCUT2D eigenvalue weighted by Gasteiger charge is 2.40. The van der Waals surface area contributed by atoms with Gasteiger partial charge in [0, 0.05) is 12.6 Å². The molecule has 0 saturated heterocycles. The summed E-state index contributed by atoms with van der Waals surface area (Å²) in [6, 6.07) is 7.99. The number of ether oxygens (including phenoxy) is 1. The van der Waals surface area contributed by atoms with E-state index in [-0.39, 0.29) is 17.4 Å². The number of para-hydroxylation sites is 1. The molecule has 0 bridgehead atoms. The Morgan fingerprint density at radius 3 is 2.67 bits per heavy atom. The standard InChI is InChI=1S/C17H26N2O2/c1-13(11-14-7-3-4-8-15(14)21-2)19-16(20)17(12-18)9-5-6-10-17/h3-4,7-8,13H,5-6,9-12,18H2,1-2H3,(H,19,20). The minimum Gasteiger partial charge on any atom is -0.496 e. The third-order valence-electron chi connectivity index (χ3n) is 4.53. The lowest BCUT2D eigenvalue weighted by molar-refractivity contribution is -0.130. The average molecular weight is 290 g/mol. The highest BCUT2D eigenvalue weighted by molar-refractivity contribution is 5.83. The van der Waals surface area contributed by atoms with Crippen molar-refractivity contribution in [3.8, 4) is 5.75 Å². The van der Waals surface area contributed by atoms with E-state index in [1.54, 1.807) is 7.11 Å². The van der Waals surface area contributed by atoms with E-state index in [1.807, 2.05) is 31.2 Å². The zero-order valence-electron chi connectivity index (χ0n) is 13.0. The molecule has 0 spiro atoms. The van der Waals surface area contributed by atoms with Crippen molar-refractivity contribution in [2.24, 2.45) is 11.1 Å². The molecule has 1 saturated carbocycles. The van der Waals surface area contributed by atoms with Crippen LogP contribution < -0.4 is 15.8 Å². The molecule has 1 atom stereocenters. The first kappa shape index (κ1) is 15.8. The normalized spacial score (nSPS) is 18.2. The maximum absolute atomic E-state index is 12.5. The number of rotatable bonds is 6. The number of amides is 1. The van der Waals surface area contributed by atoms with Gasteiger partial charge >= 0.3 is 0 Å². The van der Waals surface area contributed by atoms with Gasteiger partial charge in [0.2, 0.25) is 5.91 Å². The van der Waals surface area contributed by atoms with Crippen LogP contribution in [0, 0.1) is 5.41 Å². The van der Waals surface area contributed by atoms with Gasteiger partial charge in [-0.3, -0.25) is 4.79 Å². The van der Waals surface area contributed by atoms with Crippen LogP contribution in [0.1, 0.15) is 38.2 Å². The molecule has 3 N–H and O–H groups in total. The number of methoxy groups -OCH3 is 1. The summed E-state index contributed by atoms with van der Waals surface area (Å²) in [6.45, 7) is 2.48. The molecule has 116 valence electrons. The predicted octanol–water partition coefficient (Wildman–Crippen LogP) is 2.26. The van der Waals surface area contributed by atoms with Gasteiger partial charge in [0.1, 0.15) is 5.75 Å². The second-order valence-electron chi connectivity index (χ2n) is 6.08. The number of carbonyl (C=O) groups is 1. The van der Waals surface area contributed by atoms with E-state index < -0.39 is 0 Å². The minimum absolute atomic E-state index is 0.0674. The molecule has 1 amide bonds. The molecule has 2 rings (SSSR count). The van der Waals surface area contributed by atoms with Crippen LogP contribution in [0.2, 0.25) is 0 Å². The second kappa shape index (κ2) is 6.94. The Kier molecular flexibility index (Phi) is 5.23. The molecular weight excluding hydrogens is 264 g/mol. The summed E-state index contributed by atoms with van der Waals surface area (Å²) in [5.74, 6) is 0.984. The molecule has 0 aliphatic heterocycles. The van der Waals surface area contributed by atoms with Crippen molar-refractivity contribution in [3.05, 3.63) is 29.8 Å². The highest BCUT2D eigenvalue weighted by Crippen LogP contribution is 2.37. The molecule has 1 fully saturated rings. The van der Waals surface area contributed by atoms with Gasteiger partial charge in [0.15, 0.2) is 0 Å². The number of nitrogens with two attached hydrogens (primary N) is 1. The Morgan fingerprint density at radius 2 is 2.05 bits per heavy atom.